The highest BCUT2D eigenvalue weighted by Gasteiger charge is 2.34. The van der Waals surface area contributed by atoms with Gasteiger partial charge in [0.25, 0.3) is 5.69 Å². The summed E-state index contributed by atoms with van der Waals surface area (Å²) in [6.45, 7) is 2.28. The summed E-state index contributed by atoms with van der Waals surface area (Å²) >= 11 is 3.24. The average molecular weight is 259 g/mol. The topological polar surface area (TPSA) is 68.6 Å². The molecule has 0 amide bonds. The van der Waals surface area contributed by atoms with Crippen molar-refractivity contribution in [1.29, 1.82) is 0 Å². The second-order valence-electron chi connectivity index (χ2n) is 3.08. The Labute approximate surface area is 88.4 Å². The van der Waals surface area contributed by atoms with Crippen LogP contribution in [0.15, 0.2) is 10.7 Å². The molecule has 1 aromatic rings. The molecular weight excluding hydrogens is 252 g/mol. The minimum atomic E-state index is -0.427. The van der Waals surface area contributed by atoms with Crippen molar-refractivity contribution in [1.82, 2.24) is 4.98 Å². The van der Waals surface area contributed by atoms with E-state index in [4.69, 9.17) is 4.74 Å². The summed E-state index contributed by atoms with van der Waals surface area (Å²) in [5, 5.41) is 10.7. The Morgan fingerprint density at radius 1 is 1.79 bits per heavy atom. The molecule has 2 rings (SSSR count). The summed E-state index contributed by atoms with van der Waals surface area (Å²) in [7, 11) is 0. The van der Waals surface area contributed by atoms with Crippen molar-refractivity contribution >= 4 is 21.6 Å². The van der Waals surface area contributed by atoms with Crippen molar-refractivity contribution in [2.45, 2.75) is 13.0 Å². The Balaban J connectivity index is 2.54. The lowest BCUT2D eigenvalue weighted by atomic mass is 10.2. The van der Waals surface area contributed by atoms with Crippen LogP contribution in [0.25, 0.3) is 0 Å². The minimum Gasteiger partial charge on any atom is -0.366 e. The molecule has 1 aliphatic rings. The van der Waals surface area contributed by atoms with Gasteiger partial charge < -0.3 is 4.74 Å². The second kappa shape index (κ2) is 3.29. The second-order valence-corrected chi connectivity index (χ2v) is 3.83. The van der Waals surface area contributed by atoms with Crippen molar-refractivity contribution in [2.24, 2.45) is 0 Å². The molecule has 0 saturated carbocycles. The minimum absolute atomic E-state index is 0.0354. The molecule has 14 heavy (non-hydrogen) atoms. The van der Waals surface area contributed by atoms with E-state index in [-0.39, 0.29) is 11.8 Å². The van der Waals surface area contributed by atoms with Crippen molar-refractivity contribution < 1.29 is 9.66 Å². The maximum Gasteiger partial charge on any atom is 0.293 e. The first-order valence-corrected chi connectivity index (χ1v) is 4.82. The third-order valence-corrected chi connectivity index (χ3v) is 2.80. The first kappa shape index (κ1) is 9.54. The van der Waals surface area contributed by atoms with Crippen molar-refractivity contribution in [3.8, 4) is 0 Å². The van der Waals surface area contributed by atoms with E-state index in [1.54, 1.807) is 6.92 Å². The van der Waals surface area contributed by atoms with Gasteiger partial charge in [0.15, 0.2) is 5.69 Å². The van der Waals surface area contributed by atoms with Crippen molar-refractivity contribution in [3.05, 3.63) is 32.0 Å². The standard InChI is InChI=1S/C8H7BrN2O3/c1-4-2-5(11(12)13)7(6-3-14-6)10-8(4)9/h2,6H,3H2,1H3. The van der Waals surface area contributed by atoms with Crippen LogP contribution in [0, 0.1) is 17.0 Å². The van der Waals surface area contributed by atoms with E-state index in [2.05, 4.69) is 20.9 Å². The summed E-state index contributed by atoms with van der Waals surface area (Å²) in [6.07, 6.45) is -0.202. The molecule has 0 N–H and O–H groups in total. The van der Waals surface area contributed by atoms with E-state index in [0.717, 1.165) is 5.56 Å². The van der Waals surface area contributed by atoms with Gasteiger partial charge in [0.2, 0.25) is 0 Å². The Bertz CT molecular complexity index is 404. The zero-order chi connectivity index (χ0) is 10.3. The average Bonchev–Trinajstić information content (AvgIpc) is 2.91. The monoisotopic (exact) mass is 258 g/mol. The van der Waals surface area contributed by atoms with Gasteiger partial charge >= 0.3 is 0 Å². The predicted octanol–water partition coefficient (Wildman–Crippen LogP) is 2.13. The molecule has 6 heteroatoms. The highest BCUT2D eigenvalue weighted by molar-refractivity contribution is 9.10. The molecule has 0 bridgehead atoms. The fourth-order valence-corrected chi connectivity index (χ4v) is 1.48. The maximum absolute atomic E-state index is 10.7. The number of pyridine rings is 1. The van der Waals surface area contributed by atoms with Gasteiger partial charge in [-0.15, -0.1) is 0 Å². The SMILES string of the molecule is Cc1cc([N+](=O)[O-])c(C2CO2)nc1Br. The Morgan fingerprint density at radius 2 is 2.43 bits per heavy atom. The number of nitrogens with zero attached hydrogens (tertiary/aromatic N) is 2. The van der Waals surface area contributed by atoms with E-state index >= 15 is 0 Å². The molecule has 74 valence electrons. The first-order valence-electron chi connectivity index (χ1n) is 4.02. The maximum atomic E-state index is 10.7. The molecule has 1 atom stereocenters. The number of nitro groups is 1. The highest BCUT2D eigenvalue weighted by Crippen LogP contribution is 2.36. The van der Waals surface area contributed by atoms with Crippen molar-refractivity contribution in [2.75, 3.05) is 6.61 Å². The summed E-state index contributed by atoms with van der Waals surface area (Å²) < 4.78 is 5.63. The third-order valence-electron chi connectivity index (χ3n) is 1.99. The number of epoxide rings is 1. The molecule has 0 aromatic carbocycles. The number of aromatic nitrogens is 1. The lowest BCUT2D eigenvalue weighted by molar-refractivity contribution is -0.386. The predicted molar refractivity (Wildman–Crippen MR) is 52.0 cm³/mol. The molecule has 2 heterocycles. The zero-order valence-corrected chi connectivity index (χ0v) is 8.94. The number of aryl methyl sites for hydroxylation is 1. The van der Waals surface area contributed by atoms with E-state index < -0.39 is 4.92 Å². The Morgan fingerprint density at radius 3 is 2.93 bits per heavy atom. The first-order chi connectivity index (χ1) is 6.59. The van der Waals surface area contributed by atoms with Gasteiger partial charge in [0.05, 0.1) is 11.5 Å². The zero-order valence-electron chi connectivity index (χ0n) is 7.36. The number of rotatable bonds is 2. The number of halogens is 1. The highest BCUT2D eigenvalue weighted by atomic mass is 79.9. The number of hydrogen-bond acceptors (Lipinski definition) is 4. The molecule has 1 saturated heterocycles. The fraction of sp³-hybridized carbons (Fsp3) is 0.375. The van der Waals surface area contributed by atoms with Crippen LogP contribution in [-0.4, -0.2) is 16.5 Å². The van der Waals surface area contributed by atoms with Crippen LogP contribution in [0.5, 0.6) is 0 Å². The van der Waals surface area contributed by atoms with Gasteiger partial charge in [0.1, 0.15) is 10.7 Å². The van der Waals surface area contributed by atoms with Gasteiger partial charge in [-0.1, -0.05) is 0 Å². The summed E-state index contributed by atoms with van der Waals surface area (Å²) in [6, 6.07) is 1.51. The van der Waals surface area contributed by atoms with Crippen LogP contribution in [-0.2, 0) is 4.74 Å². The molecule has 0 spiro atoms. The van der Waals surface area contributed by atoms with Gasteiger partial charge in [-0.25, -0.2) is 4.98 Å². The van der Waals surface area contributed by atoms with Crippen LogP contribution in [0.3, 0.4) is 0 Å². The fourth-order valence-electron chi connectivity index (χ4n) is 1.18. The van der Waals surface area contributed by atoms with Gasteiger partial charge in [-0.2, -0.15) is 0 Å². The largest absolute Gasteiger partial charge is 0.366 e. The molecule has 0 aliphatic carbocycles. The molecule has 1 aromatic heterocycles. The summed E-state index contributed by atoms with van der Waals surface area (Å²) in [5.74, 6) is 0. The van der Waals surface area contributed by atoms with Gasteiger partial charge in [-0.05, 0) is 28.4 Å². The van der Waals surface area contributed by atoms with E-state index in [1.165, 1.54) is 6.07 Å². The van der Waals surface area contributed by atoms with Crippen LogP contribution in [0.4, 0.5) is 5.69 Å². The lowest BCUT2D eigenvalue weighted by Crippen LogP contribution is -1.99. The van der Waals surface area contributed by atoms with Crippen LogP contribution in [0.2, 0.25) is 0 Å². The van der Waals surface area contributed by atoms with Crippen LogP contribution >= 0.6 is 15.9 Å². The van der Waals surface area contributed by atoms with E-state index in [1.807, 2.05) is 0 Å². The quantitative estimate of drug-likeness (QED) is 0.353. The molecule has 0 radical (unpaired) electrons. The number of hydrogen-bond donors (Lipinski definition) is 0. The number of ether oxygens (including phenoxy) is 1. The van der Waals surface area contributed by atoms with Crippen molar-refractivity contribution in [3.63, 3.8) is 0 Å². The van der Waals surface area contributed by atoms with Crippen LogP contribution in [0.1, 0.15) is 17.4 Å². The molecule has 1 unspecified atom stereocenters. The molecule has 5 nitrogen and oxygen atoms in total. The van der Waals surface area contributed by atoms with E-state index in [0.29, 0.717) is 16.9 Å². The third kappa shape index (κ3) is 1.62. The molecule has 1 fully saturated rings. The molecule has 1 aliphatic heterocycles. The van der Waals surface area contributed by atoms with Gasteiger partial charge in [0, 0.05) is 6.07 Å². The van der Waals surface area contributed by atoms with Crippen LogP contribution < -0.4 is 0 Å². The molecular formula is C8H7BrN2O3. The Kier molecular flexibility index (Phi) is 2.24. The summed E-state index contributed by atoms with van der Waals surface area (Å²) in [5.41, 5.74) is 1.20. The van der Waals surface area contributed by atoms with Gasteiger partial charge in [-0.3, -0.25) is 10.1 Å². The smallest absolute Gasteiger partial charge is 0.293 e. The summed E-state index contributed by atoms with van der Waals surface area (Å²) in [4.78, 5) is 14.4. The lowest BCUT2D eigenvalue weighted by Gasteiger charge is -2.01. The van der Waals surface area contributed by atoms with E-state index in [9.17, 15) is 10.1 Å². The normalized spacial score (nSPS) is 19.4. The Hall–Kier alpha value is -1.01.